The van der Waals surface area contributed by atoms with Gasteiger partial charge in [-0.25, -0.2) is 4.39 Å². The molecule has 2 rings (SSSR count). The summed E-state index contributed by atoms with van der Waals surface area (Å²) >= 11 is 12.6. The van der Waals surface area contributed by atoms with Gasteiger partial charge in [-0.05, 0) is 37.9 Å². The molecule has 0 amide bonds. The number of nitrogens with zero attached hydrogens (tertiary/aromatic N) is 1. The molecule has 2 aromatic rings. The first-order valence-electron chi connectivity index (χ1n) is 3.68. The number of rotatable bonds is 0. The largest absolute Gasteiger partial charge is 0.255 e. The van der Waals surface area contributed by atoms with Crippen molar-refractivity contribution >= 4 is 54.4 Å². The third-order valence-electron chi connectivity index (χ3n) is 1.78. The molecule has 0 spiro atoms. The molecule has 0 saturated heterocycles. The summed E-state index contributed by atoms with van der Waals surface area (Å²) in [5, 5.41) is 1.06. The molecule has 14 heavy (non-hydrogen) atoms. The van der Waals surface area contributed by atoms with E-state index in [1.807, 2.05) is 0 Å². The highest BCUT2D eigenvalue weighted by Gasteiger charge is 2.09. The topological polar surface area (TPSA) is 12.9 Å². The molecule has 0 radical (unpaired) electrons. The van der Waals surface area contributed by atoms with Gasteiger partial charge in [0.2, 0.25) is 0 Å². The maximum absolute atomic E-state index is 13.0. The third-order valence-corrected chi connectivity index (χ3v) is 4.04. The lowest BCUT2D eigenvalue weighted by atomic mass is 10.2. The molecule has 0 aliphatic heterocycles. The fourth-order valence-corrected chi connectivity index (χ4v) is 2.41. The normalized spacial score (nSPS) is 10.9. The van der Waals surface area contributed by atoms with E-state index < -0.39 is 0 Å². The van der Waals surface area contributed by atoms with E-state index in [0.29, 0.717) is 15.9 Å². The van der Waals surface area contributed by atoms with Gasteiger partial charge in [0.05, 0.1) is 15.0 Å². The van der Waals surface area contributed by atoms with E-state index >= 15 is 0 Å². The van der Waals surface area contributed by atoms with E-state index in [-0.39, 0.29) is 5.82 Å². The van der Waals surface area contributed by atoms with Crippen LogP contribution in [0, 0.1) is 5.82 Å². The molecule has 1 aromatic carbocycles. The first-order chi connectivity index (χ1) is 6.59. The summed E-state index contributed by atoms with van der Waals surface area (Å²) in [6.45, 7) is 0. The van der Waals surface area contributed by atoms with Crippen LogP contribution in [0.3, 0.4) is 0 Å². The molecule has 0 fully saturated rings. The molecule has 0 saturated carbocycles. The van der Waals surface area contributed by atoms with E-state index in [0.717, 1.165) is 8.95 Å². The zero-order valence-electron chi connectivity index (χ0n) is 6.69. The van der Waals surface area contributed by atoms with Gasteiger partial charge >= 0.3 is 0 Å². The fraction of sp³-hybridized carbons (Fsp3) is 0. The SMILES string of the molecule is Fc1cc(Cl)c2c(Br)c(Br)cnc2c1. The number of fused-ring (bicyclic) bond motifs is 1. The molecule has 1 nitrogen and oxygen atoms in total. The summed E-state index contributed by atoms with van der Waals surface area (Å²) in [6, 6.07) is 2.61. The van der Waals surface area contributed by atoms with Gasteiger partial charge in [0, 0.05) is 22.1 Å². The van der Waals surface area contributed by atoms with Crippen LogP contribution in [0.25, 0.3) is 10.9 Å². The van der Waals surface area contributed by atoms with Crippen molar-refractivity contribution in [1.82, 2.24) is 4.98 Å². The molecule has 1 heterocycles. The summed E-state index contributed by atoms with van der Waals surface area (Å²) in [5.74, 6) is -0.385. The fourth-order valence-electron chi connectivity index (χ4n) is 1.18. The van der Waals surface area contributed by atoms with Gasteiger partial charge < -0.3 is 0 Å². The van der Waals surface area contributed by atoms with Crippen LogP contribution in [0.15, 0.2) is 27.3 Å². The van der Waals surface area contributed by atoms with Crippen LogP contribution in [0.2, 0.25) is 5.02 Å². The second-order valence-corrected chi connectivity index (χ2v) is 4.76. The van der Waals surface area contributed by atoms with E-state index in [1.165, 1.54) is 12.1 Å². The number of halogens is 4. The van der Waals surface area contributed by atoms with E-state index in [2.05, 4.69) is 36.8 Å². The standard InChI is InChI=1S/C9H3Br2ClFN/c10-5-3-14-7-2-4(13)1-6(12)8(7)9(5)11/h1-3H. The van der Waals surface area contributed by atoms with Crippen LogP contribution in [0.5, 0.6) is 0 Å². The Morgan fingerprint density at radius 3 is 2.71 bits per heavy atom. The minimum absolute atomic E-state index is 0.348. The average Bonchev–Trinajstić information content (AvgIpc) is 2.10. The number of hydrogen-bond acceptors (Lipinski definition) is 1. The highest BCUT2D eigenvalue weighted by Crippen LogP contribution is 2.34. The van der Waals surface area contributed by atoms with Crippen molar-refractivity contribution in [3.05, 3.63) is 38.1 Å². The molecule has 0 bridgehead atoms. The van der Waals surface area contributed by atoms with E-state index in [1.54, 1.807) is 6.20 Å². The minimum atomic E-state index is -0.385. The van der Waals surface area contributed by atoms with Gasteiger partial charge in [-0.15, -0.1) is 0 Å². The van der Waals surface area contributed by atoms with Gasteiger partial charge in [-0.1, -0.05) is 11.6 Å². The molecule has 0 aliphatic rings. The summed E-state index contributed by atoms with van der Waals surface area (Å²) in [7, 11) is 0. The number of aromatic nitrogens is 1. The van der Waals surface area contributed by atoms with Crippen LogP contribution < -0.4 is 0 Å². The molecular formula is C9H3Br2ClFN. The molecule has 0 aliphatic carbocycles. The van der Waals surface area contributed by atoms with Crippen molar-refractivity contribution in [1.29, 1.82) is 0 Å². The number of benzene rings is 1. The quantitative estimate of drug-likeness (QED) is 0.686. The smallest absolute Gasteiger partial charge is 0.126 e. The zero-order valence-corrected chi connectivity index (χ0v) is 10.6. The Bertz CT molecular complexity index is 516. The highest BCUT2D eigenvalue weighted by molar-refractivity contribution is 9.13. The van der Waals surface area contributed by atoms with Crippen LogP contribution in [0.4, 0.5) is 4.39 Å². The number of hydrogen-bond donors (Lipinski definition) is 0. The molecule has 0 unspecified atom stereocenters. The lowest BCUT2D eigenvalue weighted by Crippen LogP contribution is -1.85. The van der Waals surface area contributed by atoms with Gasteiger partial charge in [0.25, 0.3) is 0 Å². The Balaban J connectivity index is 2.95. The Hall–Kier alpha value is -0.190. The summed E-state index contributed by atoms with van der Waals surface area (Å²) in [6.07, 6.45) is 1.60. The molecule has 5 heteroatoms. The van der Waals surface area contributed by atoms with E-state index in [4.69, 9.17) is 11.6 Å². The van der Waals surface area contributed by atoms with Gasteiger partial charge in [-0.3, -0.25) is 4.98 Å². The second kappa shape index (κ2) is 3.76. The maximum Gasteiger partial charge on any atom is 0.126 e. The Kier molecular flexibility index (Phi) is 2.77. The molecule has 0 N–H and O–H groups in total. The highest BCUT2D eigenvalue weighted by atomic mass is 79.9. The van der Waals surface area contributed by atoms with Gasteiger partial charge in [-0.2, -0.15) is 0 Å². The molecule has 72 valence electrons. The van der Waals surface area contributed by atoms with Crippen molar-refractivity contribution in [2.24, 2.45) is 0 Å². The van der Waals surface area contributed by atoms with Crippen LogP contribution in [0.1, 0.15) is 0 Å². The Labute approximate surface area is 102 Å². The first kappa shape index (κ1) is 10.3. The summed E-state index contributed by atoms with van der Waals surface area (Å²) in [4.78, 5) is 4.06. The van der Waals surface area contributed by atoms with Gasteiger partial charge in [0.15, 0.2) is 0 Å². The van der Waals surface area contributed by atoms with Crippen LogP contribution in [-0.4, -0.2) is 4.98 Å². The van der Waals surface area contributed by atoms with Gasteiger partial charge in [0.1, 0.15) is 5.82 Å². The lowest BCUT2D eigenvalue weighted by molar-refractivity contribution is 0.629. The van der Waals surface area contributed by atoms with E-state index in [9.17, 15) is 4.39 Å². The monoisotopic (exact) mass is 337 g/mol. The maximum atomic E-state index is 13.0. The zero-order chi connectivity index (χ0) is 10.3. The minimum Gasteiger partial charge on any atom is -0.255 e. The molecular weight excluding hydrogens is 336 g/mol. The Morgan fingerprint density at radius 1 is 1.29 bits per heavy atom. The predicted molar refractivity (Wildman–Crippen MR) is 62.1 cm³/mol. The number of pyridine rings is 1. The van der Waals surface area contributed by atoms with Crippen molar-refractivity contribution in [3.63, 3.8) is 0 Å². The molecule has 0 atom stereocenters. The molecule has 1 aromatic heterocycles. The first-order valence-corrected chi connectivity index (χ1v) is 5.65. The van der Waals surface area contributed by atoms with Crippen LogP contribution in [-0.2, 0) is 0 Å². The third kappa shape index (κ3) is 1.66. The average molecular weight is 339 g/mol. The van der Waals surface area contributed by atoms with Crippen molar-refractivity contribution in [2.75, 3.05) is 0 Å². The second-order valence-electron chi connectivity index (χ2n) is 2.70. The van der Waals surface area contributed by atoms with Crippen molar-refractivity contribution < 1.29 is 4.39 Å². The summed E-state index contributed by atoms with van der Waals surface area (Å²) < 4.78 is 14.6. The lowest BCUT2D eigenvalue weighted by Gasteiger charge is -2.04. The van der Waals surface area contributed by atoms with Crippen molar-refractivity contribution in [2.45, 2.75) is 0 Å². The predicted octanol–water partition coefficient (Wildman–Crippen LogP) is 4.55. The Morgan fingerprint density at radius 2 is 2.00 bits per heavy atom. The van der Waals surface area contributed by atoms with Crippen molar-refractivity contribution in [3.8, 4) is 0 Å². The van der Waals surface area contributed by atoms with Crippen LogP contribution >= 0.6 is 43.5 Å². The summed E-state index contributed by atoms with van der Waals surface area (Å²) in [5.41, 5.74) is 0.532.